The van der Waals surface area contributed by atoms with Crippen molar-refractivity contribution in [1.82, 2.24) is 5.32 Å². The quantitative estimate of drug-likeness (QED) is 0.0321. The zero-order chi connectivity index (χ0) is 45.1. The van der Waals surface area contributed by atoms with E-state index in [1.807, 2.05) is 6.08 Å². The molecule has 2 atom stereocenters. The maximum atomic E-state index is 12.4. The van der Waals surface area contributed by atoms with E-state index in [0.29, 0.717) is 32.3 Å². The van der Waals surface area contributed by atoms with Gasteiger partial charge in [0.1, 0.15) is 0 Å². The van der Waals surface area contributed by atoms with E-state index in [1.165, 1.54) is 193 Å². The van der Waals surface area contributed by atoms with Crippen molar-refractivity contribution in [3.8, 4) is 0 Å². The number of rotatable bonds is 50. The van der Waals surface area contributed by atoms with Crippen molar-refractivity contribution in [3.05, 3.63) is 36.5 Å². The summed E-state index contributed by atoms with van der Waals surface area (Å²) in [6.45, 7) is 4.88. The highest BCUT2D eigenvalue weighted by atomic mass is 16.5. The first-order valence-corrected chi connectivity index (χ1v) is 27.2. The highest BCUT2D eigenvalue weighted by Crippen LogP contribution is 2.16. The summed E-state index contributed by atoms with van der Waals surface area (Å²) in [5.74, 6) is -0.136. The topological polar surface area (TPSA) is 95.9 Å². The third kappa shape index (κ3) is 47.6. The molecule has 2 unspecified atom stereocenters. The Kier molecular flexibility index (Phi) is 50.1. The molecule has 6 heteroatoms. The summed E-state index contributed by atoms with van der Waals surface area (Å²) in [6.07, 6.45) is 62.8. The summed E-state index contributed by atoms with van der Waals surface area (Å²) in [5.41, 5.74) is 0. The normalized spacial score (nSPS) is 12.9. The molecular weight excluding hydrogens is 767 g/mol. The number of aliphatic hydroxyl groups is 2. The molecule has 6 nitrogen and oxygen atoms in total. The number of carbonyl (C=O) groups excluding carboxylic acids is 2. The molecule has 0 aliphatic rings. The number of hydrogen-bond acceptors (Lipinski definition) is 5. The van der Waals surface area contributed by atoms with E-state index in [1.54, 1.807) is 0 Å². The standard InChI is InChI=1S/C56H105NO5/c1-3-5-7-9-11-13-15-17-19-20-21-22-26-30-34-38-42-46-50-56(61)62-51-47-43-39-35-31-27-23-25-29-33-37-41-45-49-55(60)57-53(52-58)54(59)48-44-40-36-32-28-24-18-16-14-12-10-8-6-4-2/h19-20,25,29,37,41,53-54,58-59H,3-18,21-24,26-28,30-36,38-40,42-52H2,1-2H3,(H,57,60)/b20-19-,29-25-,41-37-. The van der Waals surface area contributed by atoms with Crippen molar-refractivity contribution in [2.24, 2.45) is 0 Å². The maximum Gasteiger partial charge on any atom is 0.305 e. The number of unbranched alkanes of at least 4 members (excludes halogenated alkanes) is 33. The van der Waals surface area contributed by atoms with Crippen LogP contribution in [0.15, 0.2) is 36.5 Å². The van der Waals surface area contributed by atoms with Gasteiger partial charge in [-0.1, -0.05) is 237 Å². The molecule has 0 aliphatic carbocycles. The van der Waals surface area contributed by atoms with Crippen LogP contribution in [0.5, 0.6) is 0 Å². The van der Waals surface area contributed by atoms with E-state index in [4.69, 9.17) is 4.74 Å². The molecule has 1 amide bonds. The molecule has 0 bridgehead atoms. The number of hydrogen-bond donors (Lipinski definition) is 3. The monoisotopic (exact) mass is 872 g/mol. The van der Waals surface area contributed by atoms with Gasteiger partial charge in [-0.3, -0.25) is 9.59 Å². The zero-order valence-electron chi connectivity index (χ0n) is 41.4. The van der Waals surface area contributed by atoms with E-state index in [0.717, 1.165) is 51.4 Å². The van der Waals surface area contributed by atoms with Gasteiger partial charge >= 0.3 is 5.97 Å². The molecule has 0 saturated carbocycles. The van der Waals surface area contributed by atoms with Gasteiger partial charge < -0.3 is 20.3 Å². The first-order chi connectivity index (χ1) is 30.5. The molecule has 62 heavy (non-hydrogen) atoms. The summed E-state index contributed by atoms with van der Waals surface area (Å²) >= 11 is 0. The van der Waals surface area contributed by atoms with E-state index in [2.05, 4.69) is 49.5 Å². The molecule has 0 spiro atoms. The van der Waals surface area contributed by atoms with Gasteiger partial charge in [-0.2, -0.15) is 0 Å². The Morgan fingerprint density at radius 2 is 0.823 bits per heavy atom. The number of esters is 1. The van der Waals surface area contributed by atoms with Crippen LogP contribution in [-0.4, -0.2) is 47.4 Å². The third-order valence-electron chi connectivity index (χ3n) is 12.4. The highest BCUT2D eigenvalue weighted by Gasteiger charge is 2.19. The fraction of sp³-hybridized carbons (Fsp3) is 0.857. The van der Waals surface area contributed by atoms with Crippen LogP contribution >= 0.6 is 0 Å². The van der Waals surface area contributed by atoms with Crippen molar-refractivity contribution < 1.29 is 24.5 Å². The average Bonchev–Trinajstić information content (AvgIpc) is 3.27. The van der Waals surface area contributed by atoms with E-state index < -0.39 is 12.1 Å². The van der Waals surface area contributed by atoms with Crippen LogP contribution in [0.2, 0.25) is 0 Å². The Bertz CT molecular complexity index is 1010. The number of ether oxygens (including phenoxy) is 1. The largest absolute Gasteiger partial charge is 0.466 e. The molecular formula is C56H105NO5. The van der Waals surface area contributed by atoms with Gasteiger partial charge in [-0.25, -0.2) is 0 Å². The smallest absolute Gasteiger partial charge is 0.305 e. The van der Waals surface area contributed by atoms with Gasteiger partial charge in [0.2, 0.25) is 5.91 Å². The number of carbonyl (C=O) groups is 2. The van der Waals surface area contributed by atoms with Gasteiger partial charge in [0.05, 0.1) is 25.4 Å². The first-order valence-electron chi connectivity index (χ1n) is 27.2. The SMILES string of the molecule is CCCCCCCCC/C=C\CCCCCCCCCC(=O)OCCCCCCCC/C=C\C/C=C\CCC(=O)NC(CO)C(O)CCCCCCCCCCCCCCCC. The Morgan fingerprint density at radius 1 is 0.452 bits per heavy atom. The second kappa shape index (κ2) is 51.7. The fourth-order valence-electron chi connectivity index (χ4n) is 8.21. The van der Waals surface area contributed by atoms with Crippen LogP contribution in [0.4, 0.5) is 0 Å². The minimum atomic E-state index is -0.699. The molecule has 0 aromatic rings. The Morgan fingerprint density at radius 3 is 1.27 bits per heavy atom. The van der Waals surface area contributed by atoms with Crippen molar-refractivity contribution in [3.63, 3.8) is 0 Å². The van der Waals surface area contributed by atoms with Crippen molar-refractivity contribution >= 4 is 11.9 Å². The minimum Gasteiger partial charge on any atom is -0.466 e. The van der Waals surface area contributed by atoms with Crippen LogP contribution < -0.4 is 5.32 Å². The van der Waals surface area contributed by atoms with E-state index in [-0.39, 0.29) is 18.5 Å². The predicted octanol–water partition coefficient (Wildman–Crippen LogP) is 16.5. The molecule has 0 aliphatic heterocycles. The molecule has 0 rings (SSSR count). The predicted molar refractivity (Wildman–Crippen MR) is 269 cm³/mol. The number of aliphatic hydroxyl groups excluding tert-OH is 2. The van der Waals surface area contributed by atoms with Crippen molar-refractivity contribution in [2.45, 2.75) is 296 Å². The summed E-state index contributed by atoms with van der Waals surface area (Å²) in [6, 6.07) is -0.585. The van der Waals surface area contributed by atoms with Crippen LogP contribution in [0.3, 0.4) is 0 Å². The highest BCUT2D eigenvalue weighted by molar-refractivity contribution is 5.76. The summed E-state index contributed by atoms with van der Waals surface area (Å²) in [4.78, 5) is 24.5. The Balaban J connectivity index is 3.53. The maximum absolute atomic E-state index is 12.4. The van der Waals surface area contributed by atoms with Crippen LogP contribution in [0.1, 0.15) is 284 Å². The zero-order valence-corrected chi connectivity index (χ0v) is 41.4. The second-order valence-corrected chi connectivity index (χ2v) is 18.6. The summed E-state index contributed by atoms with van der Waals surface area (Å²) in [5, 5.41) is 23.1. The average molecular weight is 872 g/mol. The molecule has 0 fully saturated rings. The van der Waals surface area contributed by atoms with Crippen LogP contribution in [0.25, 0.3) is 0 Å². The number of nitrogens with one attached hydrogen (secondary N) is 1. The van der Waals surface area contributed by atoms with Gasteiger partial charge in [0.25, 0.3) is 0 Å². The van der Waals surface area contributed by atoms with E-state index in [9.17, 15) is 19.8 Å². The molecule has 0 saturated heterocycles. The van der Waals surface area contributed by atoms with Crippen LogP contribution in [-0.2, 0) is 14.3 Å². The number of allylic oxidation sites excluding steroid dienone is 6. The number of amides is 1. The fourth-order valence-corrected chi connectivity index (χ4v) is 8.21. The van der Waals surface area contributed by atoms with E-state index >= 15 is 0 Å². The lowest BCUT2D eigenvalue weighted by Crippen LogP contribution is -2.45. The molecule has 0 radical (unpaired) electrons. The summed E-state index contributed by atoms with van der Waals surface area (Å²) in [7, 11) is 0. The van der Waals surface area contributed by atoms with Gasteiger partial charge in [0.15, 0.2) is 0 Å². The Labute approximate surface area is 385 Å². The van der Waals surface area contributed by atoms with Crippen molar-refractivity contribution in [1.29, 1.82) is 0 Å². The lowest BCUT2D eigenvalue weighted by atomic mass is 10.0. The minimum absolute atomic E-state index is 0.0202. The lowest BCUT2D eigenvalue weighted by Gasteiger charge is -2.22. The van der Waals surface area contributed by atoms with Gasteiger partial charge in [-0.15, -0.1) is 0 Å². The molecule has 0 aromatic carbocycles. The van der Waals surface area contributed by atoms with Crippen LogP contribution in [0, 0.1) is 0 Å². The molecule has 0 heterocycles. The molecule has 3 N–H and O–H groups in total. The summed E-state index contributed by atoms with van der Waals surface area (Å²) < 4.78 is 5.46. The van der Waals surface area contributed by atoms with Gasteiger partial charge in [0, 0.05) is 12.8 Å². The second-order valence-electron chi connectivity index (χ2n) is 18.6. The lowest BCUT2D eigenvalue weighted by molar-refractivity contribution is -0.143. The van der Waals surface area contributed by atoms with Crippen molar-refractivity contribution in [2.75, 3.05) is 13.2 Å². The third-order valence-corrected chi connectivity index (χ3v) is 12.4. The Hall–Kier alpha value is -1.92. The molecule has 364 valence electrons. The first kappa shape index (κ1) is 60.1. The van der Waals surface area contributed by atoms with Gasteiger partial charge in [-0.05, 0) is 70.6 Å². The molecule has 0 aromatic heterocycles.